The summed E-state index contributed by atoms with van der Waals surface area (Å²) in [7, 11) is 0. The van der Waals surface area contributed by atoms with Crippen molar-refractivity contribution < 1.29 is 24.5 Å². The van der Waals surface area contributed by atoms with Crippen molar-refractivity contribution in [1.29, 1.82) is 0 Å². The molecule has 0 aliphatic heterocycles. The molecule has 6 nitrogen and oxygen atoms in total. The molecule has 0 aliphatic carbocycles. The van der Waals surface area contributed by atoms with Gasteiger partial charge in [0.1, 0.15) is 0 Å². The van der Waals surface area contributed by atoms with Gasteiger partial charge >= 0.3 is 5.97 Å². The lowest BCUT2D eigenvalue weighted by Crippen LogP contribution is -2.45. The van der Waals surface area contributed by atoms with Crippen molar-refractivity contribution >= 4 is 11.9 Å². The highest BCUT2D eigenvalue weighted by atomic mass is 16.5. The summed E-state index contributed by atoms with van der Waals surface area (Å²) in [5.74, 6) is -0.0152. The fraction of sp³-hybridized carbons (Fsp3) is 0.940. The molecule has 434 valence electrons. The van der Waals surface area contributed by atoms with Gasteiger partial charge in [0.2, 0.25) is 5.91 Å². The van der Waals surface area contributed by atoms with Crippen molar-refractivity contribution in [2.75, 3.05) is 13.2 Å². The highest BCUT2D eigenvalue weighted by molar-refractivity contribution is 5.76. The Bertz CT molecular complexity index is 1100. The largest absolute Gasteiger partial charge is 0.466 e. The Balaban J connectivity index is 3.32. The molecule has 0 rings (SSSR count). The average Bonchev–Trinajstić information content (AvgIpc) is 3.39. The van der Waals surface area contributed by atoms with Crippen molar-refractivity contribution in [3.63, 3.8) is 0 Å². The first-order valence-electron chi connectivity index (χ1n) is 33.4. The van der Waals surface area contributed by atoms with Crippen LogP contribution in [0.4, 0.5) is 0 Å². The van der Waals surface area contributed by atoms with E-state index in [9.17, 15) is 19.8 Å². The molecule has 0 bridgehead atoms. The van der Waals surface area contributed by atoms with Crippen molar-refractivity contribution in [1.82, 2.24) is 5.32 Å². The lowest BCUT2D eigenvalue weighted by atomic mass is 10.0. The van der Waals surface area contributed by atoms with Gasteiger partial charge in [-0.1, -0.05) is 328 Å². The first kappa shape index (κ1) is 71.6. The van der Waals surface area contributed by atoms with Crippen LogP contribution < -0.4 is 5.32 Å². The van der Waals surface area contributed by atoms with E-state index in [1.54, 1.807) is 0 Å². The molecule has 0 saturated carbocycles. The number of carbonyl (C=O) groups excluding carboxylic acids is 2. The van der Waals surface area contributed by atoms with E-state index < -0.39 is 12.1 Å². The number of rotatable bonds is 63. The second-order valence-corrected chi connectivity index (χ2v) is 23.2. The fourth-order valence-electron chi connectivity index (χ4n) is 10.7. The Hall–Kier alpha value is -1.40. The Morgan fingerprint density at radius 2 is 0.644 bits per heavy atom. The number of aliphatic hydroxyl groups excluding tert-OH is 2. The lowest BCUT2D eigenvalue weighted by Gasteiger charge is -2.22. The number of carbonyl (C=O) groups is 2. The molecule has 73 heavy (non-hydrogen) atoms. The molecule has 0 saturated heterocycles. The van der Waals surface area contributed by atoms with Gasteiger partial charge in [-0.2, -0.15) is 0 Å². The second-order valence-electron chi connectivity index (χ2n) is 23.2. The SMILES string of the molecule is CCCCCCCC/C=C\CCCCCCCCCC(=O)OCCCCCCCCCCCCCCCCCCCCCCCCCCCCCC(=O)NC(CO)C(O)CCCCCCCCCCCCCC. The maximum absolute atomic E-state index is 12.5. The number of hydrogen-bond acceptors (Lipinski definition) is 5. The number of unbranched alkanes of at least 4 members (excludes halogenated alkanes) is 50. The highest BCUT2D eigenvalue weighted by Gasteiger charge is 2.20. The molecule has 0 spiro atoms. The lowest BCUT2D eigenvalue weighted by molar-refractivity contribution is -0.143. The Morgan fingerprint density at radius 3 is 0.973 bits per heavy atom. The topological polar surface area (TPSA) is 95.9 Å². The van der Waals surface area contributed by atoms with Gasteiger partial charge in [0.15, 0.2) is 0 Å². The van der Waals surface area contributed by atoms with E-state index in [1.165, 1.54) is 302 Å². The number of esters is 1. The summed E-state index contributed by atoms with van der Waals surface area (Å²) in [6.07, 6.45) is 76.8. The molecular weight excluding hydrogens is 899 g/mol. The predicted molar refractivity (Wildman–Crippen MR) is 320 cm³/mol. The molecule has 1 amide bonds. The van der Waals surface area contributed by atoms with Gasteiger partial charge in [-0.15, -0.1) is 0 Å². The van der Waals surface area contributed by atoms with Gasteiger partial charge in [-0.25, -0.2) is 0 Å². The molecule has 0 aromatic carbocycles. The van der Waals surface area contributed by atoms with Gasteiger partial charge in [0.25, 0.3) is 0 Å². The van der Waals surface area contributed by atoms with E-state index in [2.05, 4.69) is 31.3 Å². The first-order chi connectivity index (χ1) is 36.0. The molecule has 2 atom stereocenters. The third-order valence-electron chi connectivity index (χ3n) is 15.8. The van der Waals surface area contributed by atoms with Crippen molar-refractivity contribution in [2.45, 2.75) is 392 Å². The minimum absolute atomic E-state index is 0.0155. The van der Waals surface area contributed by atoms with Crippen LogP contribution in [0.25, 0.3) is 0 Å². The third-order valence-corrected chi connectivity index (χ3v) is 15.8. The minimum Gasteiger partial charge on any atom is -0.466 e. The molecule has 0 aromatic rings. The van der Waals surface area contributed by atoms with Crippen LogP contribution in [0.2, 0.25) is 0 Å². The number of nitrogens with one attached hydrogen (secondary N) is 1. The summed E-state index contributed by atoms with van der Waals surface area (Å²) in [6, 6.07) is -0.537. The van der Waals surface area contributed by atoms with E-state index in [0.717, 1.165) is 44.9 Å². The van der Waals surface area contributed by atoms with E-state index in [1.807, 2.05) is 0 Å². The van der Waals surface area contributed by atoms with Crippen LogP contribution in [0.15, 0.2) is 12.2 Å². The number of ether oxygens (including phenoxy) is 1. The zero-order valence-corrected chi connectivity index (χ0v) is 49.6. The smallest absolute Gasteiger partial charge is 0.305 e. The monoisotopic (exact) mass is 1030 g/mol. The van der Waals surface area contributed by atoms with E-state index >= 15 is 0 Å². The van der Waals surface area contributed by atoms with Crippen LogP contribution in [-0.2, 0) is 14.3 Å². The van der Waals surface area contributed by atoms with Gasteiger partial charge in [0.05, 0.1) is 25.4 Å². The molecule has 0 fully saturated rings. The zero-order valence-electron chi connectivity index (χ0n) is 49.6. The van der Waals surface area contributed by atoms with Gasteiger partial charge in [-0.05, 0) is 51.4 Å². The van der Waals surface area contributed by atoms with Crippen LogP contribution in [-0.4, -0.2) is 47.4 Å². The summed E-state index contributed by atoms with van der Waals surface area (Å²) >= 11 is 0. The average molecular weight is 1030 g/mol. The van der Waals surface area contributed by atoms with Crippen LogP contribution in [0.1, 0.15) is 380 Å². The number of aliphatic hydroxyl groups is 2. The van der Waals surface area contributed by atoms with Crippen LogP contribution in [0.3, 0.4) is 0 Å². The van der Waals surface area contributed by atoms with E-state index in [4.69, 9.17) is 4.74 Å². The quantitative estimate of drug-likeness (QED) is 0.0320. The normalized spacial score (nSPS) is 12.5. The van der Waals surface area contributed by atoms with Crippen LogP contribution >= 0.6 is 0 Å². The highest BCUT2D eigenvalue weighted by Crippen LogP contribution is 2.19. The van der Waals surface area contributed by atoms with Crippen molar-refractivity contribution in [3.05, 3.63) is 12.2 Å². The molecule has 0 radical (unpaired) electrons. The first-order valence-corrected chi connectivity index (χ1v) is 33.4. The Morgan fingerprint density at radius 1 is 0.370 bits per heavy atom. The number of hydrogen-bond donors (Lipinski definition) is 3. The van der Waals surface area contributed by atoms with Crippen molar-refractivity contribution in [3.8, 4) is 0 Å². The second kappa shape index (κ2) is 63.1. The van der Waals surface area contributed by atoms with Crippen LogP contribution in [0.5, 0.6) is 0 Å². The molecular formula is C67H131NO5. The summed E-state index contributed by atoms with van der Waals surface area (Å²) < 4.78 is 5.50. The summed E-state index contributed by atoms with van der Waals surface area (Å²) in [4.78, 5) is 24.6. The number of amides is 1. The summed E-state index contributed by atoms with van der Waals surface area (Å²) in [5, 5.41) is 23.2. The summed E-state index contributed by atoms with van der Waals surface area (Å²) in [5.41, 5.74) is 0. The van der Waals surface area contributed by atoms with Gasteiger partial charge < -0.3 is 20.3 Å². The fourth-order valence-corrected chi connectivity index (χ4v) is 10.7. The molecule has 2 unspecified atom stereocenters. The van der Waals surface area contributed by atoms with Gasteiger partial charge in [-0.3, -0.25) is 9.59 Å². The maximum Gasteiger partial charge on any atom is 0.305 e. The zero-order chi connectivity index (χ0) is 52.9. The predicted octanol–water partition coefficient (Wildman–Crippen LogP) is 21.2. The standard InChI is InChI=1S/C67H131NO5/c1-3-5-7-9-11-13-15-17-18-30-34-37-41-45-49-53-57-61-67(72)73-62-58-54-50-46-42-38-35-32-29-27-25-23-21-19-20-22-24-26-28-31-33-36-40-44-48-52-56-60-66(71)68-64(63-69)65(70)59-55-51-47-43-39-16-14-12-10-8-6-4-2/h17-18,64-65,69-70H,3-16,19-63H2,1-2H3,(H,68,71)/b18-17-. The van der Waals surface area contributed by atoms with Gasteiger partial charge in [0, 0.05) is 12.8 Å². The van der Waals surface area contributed by atoms with Crippen molar-refractivity contribution in [2.24, 2.45) is 0 Å². The Kier molecular flexibility index (Phi) is 61.9. The molecule has 0 heterocycles. The number of allylic oxidation sites excluding steroid dienone is 2. The molecule has 0 aliphatic rings. The Labute approximate surface area is 457 Å². The van der Waals surface area contributed by atoms with Crippen LogP contribution in [0, 0.1) is 0 Å². The van der Waals surface area contributed by atoms with E-state index in [0.29, 0.717) is 25.9 Å². The molecule has 6 heteroatoms. The maximum atomic E-state index is 12.5. The molecule has 0 aromatic heterocycles. The minimum atomic E-state index is -0.660. The summed E-state index contributed by atoms with van der Waals surface area (Å²) in [6.45, 7) is 4.97. The van der Waals surface area contributed by atoms with E-state index in [-0.39, 0.29) is 18.5 Å². The third kappa shape index (κ3) is 59.7. The molecule has 3 N–H and O–H groups in total.